The number of nitrogens with zero attached hydrogens (tertiary/aromatic N) is 2. The number of benzene rings is 1. The van der Waals surface area contributed by atoms with E-state index in [-0.39, 0.29) is 23.4 Å². The highest BCUT2D eigenvalue weighted by Crippen LogP contribution is 2.25. The molecule has 0 radical (unpaired) electrons. The van der Waals surface area contributed by atoms with E-state index in [0.29, 0.717) is 23.1 Å². The number of piperidine rings is 1. The van der Waals surface area contributed by atoms with Crippen molar-refractivity contribution in [2.45, 2.75) is 52.1 Å². The van der Waals surface area contributed by atoms with Crippen LogP contribution in [0, 0.1) is 6.92 Å². The summed E-state index contributed by atoms with van der Waals surface area (Å²) in [5, 5.41) is 6.10. The third-order valence-corrected chi connectivity index (χ3v) is 4.14. The van der Waals surface area contributed by atoms with E-state index < -0.39 is 11.9 Å². The van der Waals surface area contributed by atoms with Gasteiger partial charge < -0.3 is 5.32 Å². The molecule has 2 amide bonds. The van der Waals surface area contributed by atoms with Gasteiger partial charge in [0.05, 0.1) is 11.1 Å². The fourth-order valence-electron chi connectivity index (χ4n) is 3.13. The highest BCUT2D eigenvalue weighted by molar-refractivity contribution is 5.99. The quantitative estimate of drug-likeness (QED) is 0.813. The van der Waals surface area contributed by atoms with Gasteiger partial charge in [-0.05, 0) is 46.2 Å². The van der Waals surface area contributed by atoms with Crippen molar-refractivity contribution in [2.24, 2.45) is 0 Å². The number of hydrogen-bond donors (Lipinski definition) is 2. The molecular formula is C18H22N4O3. The second kappa shape index (κ2) is 5.98. The molecule has 7 nitrogen and oxygen atoms in total. The minimum absolute atomic E-state index is 0.178. The van der Waals surface area contributed by atoms with Crippen LogP contribution in [-0.2, 0) is 9.59 Å². The summed E-state index contributed by atoms with van der Waals surface area (Å²) in [6, 6.07) is 4.68. The Bertz CT molecular complexity index is 924. The van der Waals surface area contributed by atoms with Crippen LogP contribution in [0.15, 0.2) is 23.0 Å². The van der Waals surface area contributed by atoms with Gasteiger partial charge in [-0.15, -0.1) is 0 Å². The Morgan fingerprint density at radius 3 is 2.60 bits per heavy atom. The molecule has 1 aromatic carbocycles. The number of fused-ring (bicyclic) bond motifs is 1. The number of amides is 2. The van der Waals surface area contributed by atoms with E-state index in [2.05, 4.69) is 15.6 Å². The standard InChI is InChI=1S/C18H22N4O3/c1-10-19-15-11(6-5-7-12(15)21-18(2,3)4)17(25)22(10)13-8-9-14(23)20-16(13)24/h5-7,13,21H,8-9H2,1-4H3,(H,20,23,24). The third-order valence-electron chi connectivity index (χ3n) is 4.14. The smallest absolute Gasteiger partial charge is 0.262 e. The molecule has 1 atom stereocenters. The van der Waals surface area contributed by atoms with Gasteiger partial charge >= 0.3 is 0 Å². The molecule has 1 saturated heterocycles. The Balaban J connectivity index is 2.16. The molecule has 2 aromatic rings. The zero-order valence-electron chi connectivity index (χ0n) is 14.8. The zero-order chi connectivity index (χ0) is 18.4. The van der Waals surface area contributed by atoms with Crippen LogP contribution >= 0.6 is 0 Å². The minimum Gasteiger partial charge on any atom is -0.379 e. The largest absolute Gasteiger partial charge is 0.379 e. The summed E-state index contributed by atoms with van der Waals surface area (Å²) >= 11 is 0. The molecule has 1 aliphatic heterocycles. The Hall–Kier alpha value is -2.70. The highest BCUT2D eigenvalue weighted by atomic mass is 16.2. The van der Waals surface area contributed by atoms with Crippen molar-refractivity contribution in [3.05, 3.63) is 34.4 Å². The van der Waals surface area contributed by atoms with Crippen molar-refractivity contribution in [1.82, 2.24) is 14.9 Å². The van der Waals surface area contributed by atoms with E-state index in [9.17, 15) is 14.4 Å². The minimum atomic E-state index is -0.707. The summed E-state index contributed by atoms with van der Waals surface area (Å²) < 4.78 is 1.39. The predicted octanol–water partition coefficient (Wildman–Crippen LogP) is 1.89. The maximum absolute atomic E-state index is 13.0. The number of carbonyl (C=O) groups excluding carboxylic acids is 2. The monoisotopic (exact) mass is 342 g/mol. The van der Waals surface area contributed by atoms with Gasteiger partial charge in [-0.25, -0.2) is 4.98 Å². The van der Waals surface area contributed by atoms with Crippen LogP contribution in [0.5, 0.6) is 0 Å². The van der Waals surface area contributed by atoms with E-state index in [1.165, 1.54) is 4.57 Å². The van der Waals surface area contributed by atoms with E-state index >= 15 is 0 Å². The van der Waals surface area contributed by atoms with Gasteiger partial charge in [-0.2, -0.15) is 0 Å². The summed E-state index contributed by atoms with van der Waals surface area (Å²) in [6.07, 6.45) is 0.518. The van der Waals surface area contributed by atoms with Crippen LogP contribution in [0.25, 0.3) is 10.9 Å². The Morgan fingerprint density at radius 1 is 1.24 bits per heavy atom. The lowest BCUT2D eigenvalue weighted by Gasteiger charge is -2.26. The average molecular weight is 342 g/mol. The topological polar surface area (TPSA) is 93.1 Å². The third kappa shape index (κ3) is 3.26. The number of anilines is 1. The van der Waals surface area contributed by atoms with Crippen molar-refractivity contribution in [3.63, 3.8) is 0 Å². The van der Waals surface area contributed by atoms with E-state index in [0.717, 1.165) is 5.69 Å². The Morgan fingerprint density at radius 2 is 1.96 bits per heavy atom. The number of aromatic nitrogens is 2. The molecule has 0 aliphatic carbocycles. The Kier molecular flexibility index (Phi) is 4.10. The zero-order valence-corrected chi connectivity index (χ0v) is 14.8. The molecule has 25 heavy (non-hydrogen) atoms. The molecular weight excluding hydrogens is 320 g/mol. The number of aryl methyl sites for hydroxylation is 1. The summed E-state index contributed by atoms with van der Waals surface area (Å²) in [4.78, 5) is 41.1. The van der Waals surface area contributed by atoms with Crippen LogP contribution in [-0.4, -0.2) is 26.9 Å². The molecule has 0 spiro atoms. The van der Waals surface area contributed by atoms with Gasteiger partial charge in [0.15, 0.2) is 0 Å². The lowest BCUT2D eigenvalue weighted by Crippen LogP contribution is -2.45. The molecule has 3 rings (SSSR count). The molecule has 0 saturated carbocycles. The number of nitrogens with one attached hydrogen (secondary N) is 2. The summed E-state index contributed by atoms with van der Waals surface area (Å²) in [5.41, 5.74) is 0.918. The van der Waals surface area contributed by atoms with Crippen LogP contribution in [0.2, 0.25) is 0 Å². The molecule has 132 valence electrons. The van der Waals surface area contributed by atoms with Gasteiger partial charge in [0.25, 0.3) is 5.56 Å². The number of carbonyl (C=O) groups is 2. The van der Waals surface area contributed by atoms with Crippen LogP contribution in [0.4, 0.5) is 5.69 Å². The number of para-hydroxylation sites is 1. The van der Waals surface area contributed by atoms with Gasteiger partial charge in [-0.3, -0.25) is 24.3 Å². The van der Waals surface area contributed by atoms with Crippen LogP contribution in [0.1, 0.15) is 45.5 Å². The molecule has 1 aromatic heterocycles. The first-order chi connectivity index (χ1) is 11.7. The van der Waals surface area contributed by atoms with E-state index in [1.54, 1.807) is 19.1 Å². The van der Waals surface area contributed by atoms with E-state index in [1.807, 2.05) is 26.8 Å². The molecule has 7 heteroatoms. The second-order valence-electron chi connectivity index (χ2n) is 7.38. The first kappa shape index (κ1) is 17.1. The van der Waals surface area contributed by atoms with E-state index in [4.69, 9.17) is 0 Å². The normalized spacial score (nSPS) is 18.3. The van der Waals surface area contributed by atoms with Crippen LogP contribution < -0.4 is 16.2 Å². The summed E-state index contributed by atoms with van der Waals surface area (Å²) in [7, 11) is 0. The van der Waals surface area contributed by atoms with Gasteiger partial charge in [0.1, 0.15) is 17.4 Å². The molecule has 2 N–H and O–H groups in total. The molecule has 1 unspecified atom stereocenters. The molecule has 0 bridgehead atoms. The first-order valence-corrected chi connectivity index (χ1v) is 8.31. The predicted molar refractivity (Wildman–Crippen MR) is 95.5 cm³/mol. The number of rotatable bonds is 2. The fourth-order valence-corrected chi connectivity index (χ4v) is 3.13. The maximum atomic E-state index is 13.0. The van der Waals surface area contributed by atoms with Crippen molar-refractivity contribution < 1.29 is 9.59 Å². The first-order valence-electron chi connectivity index (χ1n) is 8.31. The molecule has 2 heterocycles. The molecule has 1 aliphatic rings. The highest BCUT2D eigenvalue weighted by Gasteiger charge is 2.30. The van der Waals surface area contributed by atoms with Crippen molar-refractivity contribution in [2.75, 3.05) is 5.32 Å². The maximum Gasteiger partial charge on any atom is 0.262 e. The summed E-state index contributed by atoms with van der Waals surface area (Å²) in [6.45, 7) is 7.80. The Labute approximate surface area is 145 Å². The lowest BCUT2D eigenvalue weighted by molar-refractivity contribution is -0.135. The van der Waals surface area contributed by atoms with Gasteiger partial charge in [0, 0.05) is 12.0 Å². The van der Waals surface area contributed by atoms with Gasteiger partial charge in [-0.1, -0.05) is 6.07 Å². The van der Waals surface area contributed by atoms with Crippen molar-refractivity contribution >= 4 is 28.4 Å². The lowest BCUT2D eigenvalue weighted by atomic mass is 10.0. The average Bonchev–Trinajstić information content (AvgIpc) is 2.49. The number of hydrogen-bond acceptors (Lipinski definition) is 5. The van der Waals surface area contributed by atoms with Crippen molar-refractivity contribution in [1.29, 1.82) is 0 Å². The second-order valence-corrected chi connectivity index (χ2v) is 7.38. The van der Waals surface area contributed by atoms with Gasteiger partial charge in [0.2, 0.25) is 11.8 Å². The number of imide groups is 1. The van der Waals surface area contributed by atoms with Crippen molar-refractivity contribution in [3.8, 4) is 0 Å². The summed E-state index contributed by atoms with van der Waals surface area (Å²) in [5.74, 6) is -0.306. The molecule has 1 fully saturated rings. The SMILES string of the molecule is Cc1nc2c(NC(C)(C)C)cccc2c(=O)n1C1CCC(=O)NC1=O. The fraction of sp³-hybridized carbons (Fsp3) is 0.444. The van der Waals surface area contributed by atoms with Crippen LogP contribution in [0.3, 0.4) is 0 Å².